The highest BCUT2D eigenvalue weighted by Crippen LogP contribution is 2.41. The second-order valence-electron chi connectivity index (χ2n) is 13.8. The predicted molar refractivity (Wildman–Crippen MR) is 189 cm³/mol. The number of urea groups is 1. The number of rotatable bonds is 4. The molecule has 2 aliphatic carbocycles. The summed E-state index contributed by atoms with van der Waals surface area (Å²) in [6, 6.07) is 11.2. The van der Waals surface area contributed by atoms with Crippen molar-refractivity contribution in [1.29, 1.82) is 0 Å². The van der Waals surface area contributed by atoms with Crippen LogP contribution >= 0.6 is 11.6 Å². The van der Waals surface area contributed by atoms with Crippen LogP contribution in [0, 0.1) is 23.7 Å². The summed E-state index contributed by atoms with van der Waals surface area (Å²) in [5.41, 5.74) is 4.67. The molecular weight excluding hydrogens is 634 g/mol. The topological polar surface area (TPSA) is 112 Å². The SMILES string of the molecule is CO[C@H]1/C=C/C[C@H](C)CS(=O)(NC(=O)NCC2CC2)=NC(=O)c2ccc3c(c2)N(Cc2ccc(Cl)cc2CCCCN3)C[C@@H]2CC[C@H]21. The van der Waals surface area contributed by atoms with Gasteiger partial charge in [0.1, 0.15) is 9.92 Å². The molecule has 9 nitrogen and oxygen atoms in total. The van der Waals surface area contributed by atoms with E-state index < -0.39 is 21.9 Å². The van der Waals surface area contributed by atoms with Crippen molar-refractivity contribution in [2.24, 2.45) is 28.0 Å². The zero-order chi connectivity index (χ0) is 33.0. The Balaban J connectivity index is 1.42. The lowest BCUT2D eigenvalue weighted by Crippen LogP contribution is -2.43. The van der Waals surface area contributed by atoms with Gasteiger partial charge < -0.3 is 20.3 Å². The Morgan fingerprint density at radius 2 is 1.98 bits per heavy atom. The number of allylic oxidation sites excluding steroid dienone is 1. The van der Waals surface area contributed by atoms with Crippen molar-refractivity contribution in [1.82, 2.24) is 10.0 Å². The maximum Gasteiger partial charge on any atom is 0.327 e. The van der Waals surface area contributed by atoms with Gasteiger partial charge in [-0.25, -0.2) is 9.00 Å². The van der Waals surface area contributed by atoms with Gasteiger partial charge >= 0.3 is 6.03 Å². The standard InChI is InChI=1S/C36H48ClN5O4S/c1-24-6-5-8-34(46-2)31-15-12-29(31)22-42-21-28-11-14-30(37)18-26(28)7-3-4-17-38-32-16-13-27(19-33(32)42)35(43)40-47(45,23-24)41-36(44)39-20-25-9-10-25/h5,8,11,13-14,16,18-19,24-25,29,31,34,38H,3-4,6-7,9-10,12,15,17,20-23H2,1-2H3,(H2,39,40,41,43,44,45)/b8-5+/t24-,29-,31+,34-,47?/m0/s1. The molecule has 2 fully saturated rings. The molecule has 3 amide bonds. The molecule has 2 aliphatic heterocycles. The van der Waals surface area contributed by atoms with Crippen LogP contribution in [-0.2, 0) is 27.6 Å². The molecule has 6 rings (SSSR count). The van der Waals surface area contributed by atoms with Crippen molar-refractivity contribution in [2.45, 2.75) is 70.9 Å². The number of fused-ring (bicyclic) bond motifs is 3. The Hall–Kier alpha value is -3.08. The van der Waals surface area contributed by atoms with Crippen LogP contribution in [0.5, 0.6) is 0 Å². The van der Waals surface area contributed by atoms with Gasteiger partial charge in [0.25, 0.3) is 5.91 Å². The molecule has 2 bridgehead atoms. The van der Waals surface area contributed by atoms with Crippen LogP contribution in [-0.4, -0.2) is 54.7 Å². The molecule has 11 heteroatoms. The molecule has 47 heavy (non-hydrogen) atoms. The fraction of sp³-hybridized carbons (Fsp3) is 0.556. The first-order valence-corrected chi connectivity index (χ1v) is 19.2. The molecule has 0 spiro atoms. The third-order valence-corrected chi connectivity index (χ3v) is 12.3. The van der Waals surface area contributed by atoms with Gasteiger partial charge in [-0.3, -0.25) is 9.52 Å². The highest BCUT2D eigenvalue weighted by atomic mass is 35.5. The number of methoxy groups -OCH3 is 1. The third kappa shape index (κ3) is 8.69. The summed E-state index contributed by atoms with van der Waals surface area (Å²) in [4.78, 5) is 29.1. The summed E-state index contributed by atoms with van der Waals surface area (Å²) in [5, 5.41) is 7.18. The van der Waals surface area contributed by atoms with E-state index in [1.807, 2.05) is 25.1 Å². The molecule has 4 aliphatic rings. The van der Waals surface area contributed by atoms with Crippen LogP contribution in [0.25, 0.3) is 0 Å². The number of benzene rings is 2. The van der Waals surface area contributed by atoms with E-state index in [9.17, 15) is 13.8 Å². The first kappa shape index (κ1) is 33.8. The van der Waals surface area contributed by atoms with E-state index in [1.54, 1.807) is 13.2 Å². The smallest absolute Gasteiger partial charge is 0.327 e. The Kier molecular flexibility index (Phi) is 10.8. The molecule has 0 radical (unpaired) electrons. The molecule has 0 saturated heterocycles. The molecule has 2 aromatic rings. The number of nitrogens with one attached hydrogen (secondary N) is 3. The molecule has 5 atom stereocenters. The Morgan fingerprint density at radius 1 is 1.13 bits per heavy atom. The summed E-state index contributed by atoms with van der Waals surface area (Å²) < 4.78 is 27.2. The number of hydrogen-bond donors (Lipinski definition) is 3. The third-order valence-electron chi connectivity index (χ3n) is 10.0. The van der Waals surface area contributed by atoms with Gasteiger partial charge in [0.15, 0.2) is 0 Å². The maximum atomic E-state index is 14.3. The zero-order valence-corrected chi connectivity index (χ0v) is 29.1. The largest absolute Gasteiger partial charge is 0.383 e. The molecule has 2 saturated carbocycles. The van der Waals surface area contributed by atoms with Crippen LogP contribution in [0.4, 0.5) is 16.2 Å². The van der Waals surface area contributed by atoms with E-state index in [0.29, 0.717) is 42.8 Å². The monoisotopic (exact) mass is 681 g/mol. The van der Waals surface area contributed by atoms with Crippen LogP contribution in [0.3, 0.4) is 0 Å². The Bertz CT molecular complexity index is 1620. The average Bonchev–Trinajstić information content (AvgIpc) is 3.85. The minimum Gasteiger partial charge on any atom is -0.383 e. The molecule has 0 aromatic heterocycles. The van der Waals surface area contributed by atoms with Gasteiger partial charge in [-0.2, -0.15) is 0 Å². The fourth-order valence-corrected chi connectivity index (χ4v) is 9.08. The predicted octanol–water partition coefficient (Wildman–Crippen LogP) is 6.96. The van der Waals surface area contributed by atoms with E-state index in [4.69, 9.17) is 16.3 Å². The van der Waals surface area contributed by atoms with Crippen LogP contribution in [0.1, 0.15) is 73.4 Å². The Morgan fingerprint density at radius 3 is 2.74 bits per heavy atom. The molecule has 3 N–H and O–H groups in total. The normalized spacial score (nSPS) is 29.0. The first-order chi connectivity index (χ1) is 22.7. The average molecular weight is 682 g/mol. The molecule has 2 heterocycles. The molecule has 2 aromatic carbocycles. The molecule has 254 valence electrons. The number of nitrogens with zero attached hydrogens (tertiary/aromatic N) is 2. The van der Waals surface area contributed by atoms with Crippen molar-refractivity contribution < 1.29 is 18.5 Å². The maximum absolute atomic E-state index is 14.3. The number of carbonyl (C=O) groups excluding carboxylic acids is 2. The molecular formula is C36H48ClN5O4S. The van der Waals surface area contributed by atoms with Crippen LogP contribution in [0.2, 0.25) is 5.02 Å². The Labute approximate surface area is 284 Å². The molecule has 1 unspecified atom stereocenters. The number of carbonyl (C=O) groups is 2. The van der Waals surface area contributed by atoms with E-state index in [2.05, 4.69) is 48.9 Å². The second-order valence-corrected chi connectivity index (χ2v) is 16.3. The summed E-state index contributed by atoms with van der Waals surface area (Å²) >= 11 is 6.46. The van der Waals surface area contributed by atoms with E-state index in [-0.39, 0.29) is 17.8 Å². The van der Waals surface area contributed by atoms with E-state index >= 15 is 0 Å². The van der Waals surface area contributed by atoms with Crippen LogP contribution in [0.15, 0.2) is 52.9 Å². The first-order valence-electron chi connectivity index (χ1n) is 17.1. The van der Waals surface area contributed by atoms with E-state index in [1.165, 1.54) is 11.1 Å². The van der Waals surface area contributed by atoms with Crippen molar-refractivity contribution in [3.05, 3.63) is 70.3 Å². The number of halogens is 1. The van der Waals surface area contributed by atoms with Crippen molar-refractivity contribution >= 4 is 44.8 Å². The highest BCUT2D eigenvalue weighted by molar-refractivity contribution is 7.92. The summed E-state index contributed by atoms with van der Waals surface area (Å²) in [6.45, 7) is 4.74. The second kappa shape index (κ2) is 15.0. The minimum atomic E-state index is -3.42. The van der Waals surface area contributed by atoms with E-state index in [0.717, 1.165) is 74.4 Å². The van der Waals surface area contributed by atoms with Crippen LogP contribution < -0.4 is 20.3 Å². The number of ether oxygens (including phenoxy) is 1. The van der Waals surface area contributed by atoms with Gasteiger partial charge in [0.05, 0.1) is 23.2 Å². The lowest BCUT2D eigenvalue weighted by molar-refractivity contribution is 0.0134. The van der Waals surface area contributed by atoms with Gasteiger partial charge in [-0.1, -0.05) is 36.7 Å². The van der Waals surface area contributed by atoms with Gasteiger partial charge in [0, 0.05) is 43.9 Å². The van der Waals surface area contributed by atoms with Crippen molar-refractivity contribution in [2.75, 3.05) is 42.7 Å². The number of amides is 3. The van der Waals surface area contributed by atoms with Crippen molar-refractivity contribution in [3.8, 4) is 0 Å². The lowest BCUT2D eigenvalue weighted by atomic mass is 9.70. The van der Waals surface area contributed by atoms with Crippen molar-refractivity contribution in [3.63, 3.8) is 0 Å². The van der Waals surface area contributed by atoms with Gasteiger partial charge in [-0.05, 0) is 116 Å². The zero-order valence-electron chi connectivity index (χ0n) is 27.5. The summed E-state index contributed by atoms with van der Waals surface area (Å²) in [6.07, 6.45) is 12.1. The quantitative estimate of drug-likeness (QED) is 0.301. The lowest BCUT2D eigenvalue weighted by Gasteiger charge is -2.44. The number of aryl methyl sites for hydroxylation is 1. The summed E-state index contributed by atoms with van der Waals surface area (Å²) in [7, 11) is -1.65. The van der Waals surface area contributed by atoms with Gasteiger partial charge in [0.2, 0.25) is 0 Å². The fourth-order valence-electron chi connectivity index (χ4n) is 7.03. The van der Waals surface area contributed by atoms with Gasteiger partial charge in [-0.15, -0.1) is 4.36 Å². The summed E-state index contributed by atoms with van der Waals surface area (Å²) in [5.74, 6) is 0.593. The minimum absolute atomic E-state index is 0.0326. The number of hydrogen-bond acceptors (Lipinski definition) is 6. The highest BCUT2D eigenvalue weighted by Gasteiger charge is 2.38. The number of anilines is 2.